The summed E-state index contributed by atoms with van der Waals surface area (Å²) in [5.41, 5.74) is -0.510. The zero-order valence-electron chi connectivity index (χ0n) is 15.0. The molecular weight excluding hydrogens is 328 g/mol. The molecule has 2 rings (SSSR count). The number of rotatable bonds is 3. The fraction of sp³-hybridized carbons (Fsp3) is 0.706. The summed E-state index contributed by atoms with van der Waals surface area (Å²) in [6.07, 6.45) is 1.46. The second-order valence-corrected chi connectivity index (χ2v) is 8.42. The Balaban J connectivity index is 2.08. The van der Waals surface area contributed by atoms with E-state index >= 15 is 0 Å². The average molecular weight is 354 g/mol. The van der Waals surface area contributed by atoms with Gasteiger partial charge in [-0.05, 0) is 13.8 Å². The number of carbonyl (C=O) groups is 3. The zero-order chi connectivity index (χ0) is 18.1. The molecular formula is C17H26N2O4S. The van der Waals surface area contributed by atoms with Gasteiger partial charge in [0.25, 0.3) is 0 Å². The van der Waals surface area contributed by atoms with Crippen LogP contribution in [0, 0.1) is 5.41 Å². The summed E-state index contributed by atoms with van der Waals surface area (Å²) in [6, 6.07) is 0. The molecule has 2 aliphatic rings. The third-order valence-corrected chi connectivity index (χ3v) is 5.00. The van der Waals surface area contributed by atoms with Crippen molar-refractivity contribution < 1.29 is 19.1 Å². The standard InChI is InChI=1S/C17H26N2O4S/c1-11-7-18(8-12(2)23-11)14(21)9-19-15(22)10-24-16(19)6-13(20)17(3,4)5/h6,11-12H,7-10H2,1-5H3/b16-6-. The van der Waals surface area contributed by atoms with Crippen molar-refractivity contribution in [3.8, 4) is 0 Å². The van der Waals surface area contributed by atoms with E-state index in [-0.39, 0.29) is 42.1 Å². The molecule has 2 saturated heterocycles. The van der Waals surface area contributed by atoms with E-state index in [1.54, 1.807) is 4.90 Å². The number of hydrogen-bond acceptors (Lipinski definition) is 5. The lowest BCUT2D eigenvalue weighted by atomic mass is 9.91. The van der Waals surface area contributed by atoms with Crippen molar-refractivity contribution in [2.24, 2.45) is 5.41 Å². The second-order valence-electron chi connectivity index (χ2n) is 7.42. The molecule has 0 N–H and O–H groups in total. The number of thioether (sulfide) groups is 1. The normalized spacial score (nSPS) is 27.0. The molecule has 0 saturated carbocycles. The minimum absolute atomic E-state index is 0.0150. The van der Waals surface area contributed by atoms with Crippen LogP contribution in [-0.2, 0) is 19.1 Å². The molecule has 0 aromatic rings. The largest absolute Gasteiger partial charge is 0.372 e. The molecule has 0 spiro atoms. The second kappa shape index (κ2) is 7.27. The molecule has 2 amide bonds. The molecule has 2 atom stereocenters. The number of amides is 2. The number of ether oxygens (including phenoxy) is 1. The van der Waals surface area contributed by atoms with E-state index in [1.165, 1.54) is 22.7 Å². The van der Waals surface area contributed by atoms with E-state index in [4.69, 9.17) is 4.74 Å². The van der Waals surface area contributed by atoms with Gasteiger partial charge in [0.1, 0.15) is 6.54 Å². The quantitative estimate of drug-likeness (QED) is 0.721. The predicted molar refractivity (Wildman–Crippen MR) is 93.3 cm³/mol. The van der Waals surface area contributed by atoms with E-state index < -0.39 is 5.41 Å². The predicted octanol–water partition coefficient (Wildman–Crippen LogP) is 1.65. The molecule has 0 radical (unpaired) electrons. The van der Waals surface area contributed by atoms with Crippen LogP contribution in [0.15, 0.2) is 11.1 Å². The summed E-state index contributed by atoms with van der Waals surface area (Å²) in [5.74, 6) is -0.0182. The molecule has 6 nitrogen and oxygen atoms in total. The van der Waals surface area contributed by atoms with Crippen LogP contribution in [0.5, 0.6) is 0 Å². The summed E-state index contributed by atoms with van der Waals surface area (Å²) in [4.78, 5) is 40.1. The van der Waals surface area contributed by atoms with Crippen molar-refractivity contribution in [2.75, 3.05) is 25.4 Å². The third kappa shape index (κ3) is 4.60. The van der Waals surface area contributed by atoms with Gasteiger partial charge in [-0.25, -0.2) is 0 Å². The van der Waals surface area contributed by atoms with Crippen molar-refractivity contribution in [3.05, 3.63) is 11.1 Å². The molecule has 2 unspecified atom stereocenters. The summed E-state index contributed by atoms with van der Waals surface area (Å²) < 4.78 is 5.63. The smallest absolute Gasteiger partial charge is 0.242 e. The van der Waals surface area contributed by atoms with Crippen LogP contribution in [0.25, 0.3) is 0 Å². The molecule has 0 aromatic heterocycles. The lowest BCUT2D eigenvalue weighted by molar-refractivity contribution is -0.146. The zero-order valence-corrected chi connectivity index (χ0v) is 15.8. The van der Waals surface area contributed by atoms with E-state index in [9.17, 15) is 14.4 Å². The molecule has 0 aliphatic carbocycles. The highest BCUT2D eigenvalue weighted by Crippen LogP contribution is 2.30. The van der Waals surface area contributed by atoms with Crippen LogP contribution >= 0.6 is 11.8 Å². The Morgan fingerprint density at radius 1 is 1.25 bits per heavy atom. The van der Waals surface area contributed by atoms with E-state index in [0.717, 1.165) is 0 Å². The SMILES string of the molecule is CC1CN(C(=O)CN2C(=O)CS/C2=C\C(=O)C(C)(C)C)CC(C)O1. The van der Waals surface area contributed by atoms with E-state index in [2.05, 4.69) is 0 Å². The third-order valence-electron chi connectivity index (χ3n) is 3.97. The highest BCUT2D eigenvalue weighted by molar-refractivity contribution is 8.04. The van der Waals surface area contributed by atoms with Gasteiger partial charge in [-0.3, -0.25) is 19.3 Å². The van der Waals surface area contributed by atoms with Gasteiger partial charge in [0.05, 0.1) is 23.0 Å². The Morgan fingerprint density at radius 3 is 2.38 bits per heavy atom. The molecule has 7 heteroatoms. The van der Waals surface area contributed by atoms with Crippen molar-refractivity contribution in [2.45, 2.75) is 46.8 Å². The Hall–Kier alpha value is -1.34. The summed E-state index contributed by atoms with van der Waals surface area (Å²) in [7, 11) is 0. The summed E-state index contributed by atoms with van der Waals surface area (Å²) >= 11 is 1.31. The monoisotopic (exact) mass is 354 g/mol. The first-order valence-corrected chi connectivity index (χ1v) is 9.19. The van der Waals surface area contributed by atoms with Gasteiger partial charge in [0.2, 0.25) is 11.8 Å². The van der Waals surface area contributed by atoms with Crippen LogP contribution in [0.1, 0.15) is 34.6 Å². The Bertz CT molecular complexity index is 557. The van der Waals surface area contributed by atoms with E-state index in [0.29, 0.717) is 18.1 Å². The Labute approximate surface area is 147 Å². The van der Waals surface area contributed by atoms with Crippen LogP contribution < -0.4 is 0 Å². The fourth-order valence-corrected chi connectivity index (χ4v) is 3.59. The number of hydrogen-bond donors (Lipinski definition) is 0. The fourth-order valence-electron chi connectivity index (χ4n) is 2.65. The van der Waals surface area contributed by atoms with Crippen LogP contribution in [0.3, 0.4) is 0 Å². The van der Waals surface area contributed by atoms with Gasteiger partial charge < -0.3 is 9.64 Å². The van der Waals surface area contributed by atoms with Crippen molar-refractivity contribution >= 4 is 29.4 Å². The van der Waals surface area contributed by atoms with Crippen LogP contribution in [-0.4, -0.2) is 65.0 Å². The number of carbonyl (C=O) groups excluding carboxylic acids is 3. The van der Waals surface area contributed by atoms with E-state index in [1.807, 2.05) is 34.6 Å². The maximum Gasteiger partial charge on any atom is 0.242 e. The van der Waals surface area contributed by atoms with Gasteiger partial charge >= 0.3 is 0 Å². The minimum atomic E-state index is -0.510. The van der Waals surface area contributed by atoms with Crippen molar-refractivity contribution in [3.63, 3.8) is 0 Å². The van der Waals surface area contributed by atoms with Crippen LogP contribution in [0.2, 0.25) is 0 Å². The van der Waals surface area contributed by atoms with Gasteiger partial charge in [-0.15, -0.1) is 0 Å². The number of nitrogens with zero attached hydrogens (tertiary/aromatic N) is 2. The average Bonchev–Trinajstić information content (AvgIpc) is 2.78. The first-order chi connectivity index (χ1) is 11.1. The molecule has 0 bridgehead atoms. The molecule has 2 heterocycles. The van der Waals surface area contributed by atoms with Crippen LogP contribution in [0.4, 0.5) is 0 Å². The minimum Gasteiger partial charge on any atom is -0.372 e. The molecule has 0 aromatic carbocycles. The lowest BCUT2D eigenvalue weighted by Crippen LogP contribution is -2.51. The maximum atomic E-state index is 12.6. The summed E-state index contributed by atoms with van der Waals surface area (Å²) in [5, 5.41) is 0.572. The lowest BCUT2D eigenvalue weighted by Gasteiger charge is -2.36. The van der Waals surface area contributed by atoms with Gasteiger partial charge in [-0.1, -0.05) is 32.5 Å². The van der Waals surface area contributed by atoms with Gasteiger partial charge in [0.15, 0.2) is 5.78 Å². The van der Waals surface area contributed by atoms with Gasteiger partial charge in [0, 0.05) is 24.6 Å². The van der Waals surface area contributed by atoms with Crippen molar-refractivity contribution in [1.82, 2.24) is 9.80 Å². The topological polar surface area (TPSA) is 66.9 Å². The number of morpholine rings is 1. The Kier molecular flexibility index (Phi) is 5.75. The first kappa shape index (κ1) is 19.0. The number of ketones is 1. The summed E-state index contributed by atoms with van der Waals surface area (Å²) in [6.45, 7) is 10.4. The highest BCUT2D eigenvalue weighted by Gasteiger charge is 2.33. The van der Waals surface area contributed by atoms with Crippen molar-refractivity contribution in [1.29, 1.82) is 0 Å². The first-order valence-electron chi connectivity index (χ1n) is 8.20. The number of allylic oxidation sites excluding steroid dienone is 1. The maximum absolute atomic E-state index is 12.6. The molecule has 24 heavy (non-hydrogen) atoms. The highest BCUT2D eigenvalue weighted by atomic mass is 32.2. The molecule has 2 aliphatic heterocycles. The molecule has 2 fully saturated rings. The Morgan fingerprint density at radius 2 is 1.83 bits per heavy atom. The van der Waals surface area contributed by atoms with Gasteiger partial charge in [-0.2, -0.15) is 0 Å². The molecule has 134 valence electrons.